The lowest BCUT2D eigenvalue weighted by Gasteiger charge is -2.34. The van der Waals surface area contributed by atoms with E-state index in [1.165, 1.54) is 11.1 Å². The number of aryl methyl sites for hydroxylation is 2. The van der Waals surface area contributed by atoms with E-state index < -0.39 is 0 Å². The Kier molecular flexibility index (Phi) is 7.20. The van der Waals surface area contributed by atoms with E-state index in [9.17, 15) is 4.79 Å². The summed E-state index contributed by atoms with van der Waals surface area (Å²) in [6, 6.07) is 6.44. The van der Waals surface area contributed by atoms with Crippen molar-refractivity contribution >= 4 is 18.3 Å². The van der Waals surface area contributed by atoms with Gasteiger partial charge in [-0.15, -0.1) is 12.4 Å². The normalized spacial score (nSPS) is 15.4. The van der Waals surface area contributed by atoms with Gasteiger partial charge < -0.3 is 10.2 Å². The van der Waals surface area contributed by atoms with Gasteiger partial charge in [0, 0.05) is 18.2 Å². The van der Waals surface area contributed by atoms with Crippen LogP contribution in [0.25, 0.3) is 0 Å². The monoisotopic (exact) mass is 310 g/mol. The molecule has 0 aliphatic carbocycles. The summed E-state index contributed by atoms with van der Waals surface area (Å²) in [6.45, 7) is 9.19. The van der Waals surface area contributed by atoms with Crippen molar-refractivity contribution in [3.63, 3.8) is 0 Å². The van der Waals surface area contributed by atoms with Crippen molar-refractivity contribution in [2.45, 2.75) is 46.1 Å². The number of nitrogens with one attached hydrogen (secondary N) is 1. The van der Waals surface area contributed by atoms with Crippen LogP contribution in [-0.4, -0.2) is 36.5 Å². The predicted molar refractivity (Wildman–Crippen MR) is 90.4 cm³/mol. The molecular weight excluding hydrogens is 284 g/mol. The van der Waals surface area contributed by atoms with Crippen molar-refractivity contribution < 1.29 is 4.79 Å². The summed E-state index contributed by atoms with van der Waals surface area (Å²) in [4.78, 5) is 14.9. The third-order valence-corrected chi connectivity index (χ3v) is 4.23. The Morgan fingerprint density at radius 2 is 1.90 bits per heavy atom. The van der Waals surface area contributed by atoms with Crippen molar-refractivity contribution in [3.05, 3.63) is 34.9 Å². The van der Waals surface area contributed by atoms with Crippen LogP contribution in [-0.2, 0) is 0 Å². The minimum atomic E-state index is 0. The van der Waals surface area contributed by atoms with Gasteiger partial charge in [0.05, 0.1) is 0 Å². The molecule has 1 aliphatic rings. The molecular formula is C17H27ClN2O. The Morgan fingerprint density at radius 1 is 1.24 bits per heavy atom. The van der Waals surface area contributed by atoms with E-state index in [-0.39, 0.29) is 18.3 Å². The van der Waals surface area contributed by atoms with Crippen molar-refractivity contribution in [3.8, 4) is 0 Å². The van der Waals surface area contributed by atoms with Crippen LogP contribution < -0.4 is 5.32 Å². The summed E-state index contributed by atoms with van der Waals surface area (Å²) in [6.07, 6.45) is 3.15. The van der Waals surface area contributed by atoms with Crippen molar-refractivity contribution in [2.24, 2.45) is 0 Å². The third-order valence-electron chi connectivity index (χ3n) is 4.23. The zero-order valence-electron chi connectivity index (χ0n) is 13.3. The van der Waals surface area contributed by atoms with Crippen LogP contribution in [0.3, 0.4) is 0 Å². The molecule has 0 saturated carbocycles. The molecule has 1 aliphatic heterocycles. The molecule has 4 heteroatoms. The molecule has 1 fully saturated rings. The first-order valence-corrected chi connectivity index (χ1v) is 7.72. The number of piperidine rings is 1. The Hall–Kier alpha value is -1.06. The summed E-state index contributed by atoms with van der Waals surface area (Å²) in [5, 5.41) is 3.37. The van der Waals surface area contributed by atoms with Gasteiger partial charge in [-0.25, -0.2) is 0 Å². The summed E-state index contributed by atoms with van der Waals surface area (Å²) >= 11 is 0. The Bertz CT molecular complexity index is 470. The molecule has 1 amide bonds. The van der Waals surface area contributed by atoms with Gasteiger partial charge in [-0.3, -0.25) is 4.79 Å². The van der Waals surface area contributed by atoms with Crippen molar-refractivity contribution in [2.75, 3.05) is 19.6 Å². The maximum absolute atomic E-state index is 12.8. The van der Waals surface area contributed by atoms with E-state index in [1.54, 1.807) is 0 Å². The molecule has 0 radical (unpaired) electrons. The number of amides is 1. The SMILES string of the molecule is CCCN(C(=O)c1ccc(C)c(C)c1)C1CCNCC1.Cl. The minimum absolute atomic E-state index is 0. The second-order valence-corrected chi connectivity index (χ2v) is 5.78. The molecule has 0 spiro atoms. The van der Waals surface area contributed by atoms with E-state index >= 15 is 0 Å². The molecule has 0 aromatic heterocycles. The Labute approximate surface area is 134 Å². The molecule has 0 atom stereocenters. The van der Waals surface area contributed by atoms with Crippen LogP contribution >= 0.6 is 12.4 Å². The number of nitrogens with zero attached hydrogens (tertiary/aromatic N) is 1. The van der Waals surface area contributed by atoms with Gasteiger partial charge in [0.15, 0.2) is 0 Å². The van der Waals surface area contributed by atoms with Gasteiger partial charge in [0.25, 0.3) is 5.91 Å². The Balaban J connectivity index is 0.00000220. The zero-order chi connectivity index (χ0) is 14.5. The first kappa shape index (κ1) is 18.0. The Morgan fingerprint density at radius 3 is 2.48 bits per heavy atom. The fourth-order valence-corrected chi connectivity index (χ4v) is 2.85. The predicted octanol–water partition coefficient (Wildman–Crippen LogP) is 3.33. The second-order valence-electron chi connectivity index (χ2n) is 5.78. The van der Waals surface area contributed by atoms with E-state index in [0.29, 0.717) is 6.04 Å². The first-order valence-electron chi connectivity index (χ1n) is 7.72. The van der Waals surface area contributed by atoms with E-state index in [0.717, 1.165) is 44.5 Å². The summed E-state index contributed by atoms with van der Waals surface area (Å²) in [5.41, 5.74) is 3.27. The highest BCUT2D eigenvalue weighted by Crippen LogP contribution is 2.18. The molecule has 1 aromatic rings. The minimum Gasteiger partial charge on any atom is -0.336 e. The molecule has 3 nitrogen and oxygen atoms in total. The van der Waals surface area contributed by atoms with E-state index in [2.05, 4.69) is 37.1 Å². The van der Waals surface area contributed by atoms with E-state index in [1.807, 2.05) is 12.1 Å². The lowest BCUT2D eigenvalue weighted by molar-refractivity contribution is 0.0642. The lowest BCUT2D eigenvalue weighted by Crippen LogP contribution is -2.46. The van der Waals surface area contributed by atoms with Gasteiger partial charge in [0.2, 0.25) is 0 Å². The quantitative estimate of drug-likeness (QED) is 0.925. The van der Waals surface area contributed by atoms with Crippen molar-refractivity contribution in [1.29, 1.82) is 0 Å². The van der Waals surface area contributed by atoms with Crippen molar-refractivity contribution in [1.82, 2.24) is 10.2 Å². The van der Waals surface area contributed by atoms with Crippen LogP contribution in [0.4, 0.5) is 0 Å². The topological polar surface area (TPSA) is 32.3 Å². The molecule has 1 saturated heterocycles. The number of carbonyl (C=O) groups excluding carboxylic acids is 1. The standard InChI is InChI=1S/C17H26N2O.ClH/c1-4-11-19(16-7-9-18-10-8-16)17(20)15-6-5-13(2)14(3)12-15;/h5-6,12,16,18H,4,7-11H2,1-3H3;1H. The summed E-state index contributed by atoms with van der Waals surface area (Å²) < 4.78 is 0. The number of halogens is 1. The van der Waals surface area contributed by atoms with Gasteiger partial charge in [-0.1, -0.05) is 13.0 Å². The smallest absolute Gasteiger partial charge is 0.254 e. The summed E-state index contributed by atoms with van der Waals surface area (Å²) in [7, 11) is 0. The molecule has 0 unspecified atom stereocenters. The molecule has 1 N–H and O–H groups in total. The van der Waals surface area contributed by atoms with E-state index in [4.69, 9.17) is 0 Å². The van der Waals surface area contributed by atoms with Crippen LogP contribution in [0, 0.1) is 13.8 Å². The first-order chi connectivity index (χ1) is 9.63. The number of benzene rings is 1. The van der Waals surface area contributed by atoms with Gasteiger partial charge in [-0.2, -0.15) is 0 Å². The van der Waals surface area contributed by atoms with Crippen LogP contribution in [0.15, 0.2) is 18.2 Å². The number of hydrogen-bond donors (Lipinski definition) is 1. The zero-order valence-corrected chi connectivity index (χ0v) is 14.1. The number of carbonyl (C=O) groups is 1. The second kappa shape index (κ2) is 8.40. The molecule has 0 bridgehead atoms. The number of hydrogen-bond acceptors (Lipinski definition) is 2. The molecule has 1 heterocycles. The highest BCUT2D eigenvalue weighted by molar-refractivity contribution is 5.94. The maximum Gasteiger partial charge on any atom is 0.254 e. The molecule has 1 aromatic carbocycles. The van der Waals surface area contributed by atoms with Gasteiger partial charge in [0.1, 0.15) is 0 Å². The largest absolute Gasteiger partial charge is 0.336 e. The maximum atomic E-state index is 12.8. The van der Waals surface area contributed by atoms with Crippen LogP contribution in [0.1, 0.15) is 47.7 Å². The fraction of sp³-hybridized carbons (Fsp3) is 0.588. The third kappa shape index (κ3) is 4.45. The van der Waals surface area contributed by atoms with Crippen LogP contribution in [0.5, 0.6) is 0 Å². The number of rotatable bonds is 4. The molecule has 118 valence electrons. The van der Waals surface area contributed by atoms with Gasteiger partial charge >= 0.3 is 0 Å². The average molecular weight is 311 g/mol. The highest BCUT2D eigenvalue weighted by Gasteiger charge is 2.25. The van der Waals surface area contributed by atoms with Gasteiger partial charge in [-0.05, 0) is 69.5 Å². The van der Waals surface area contributed by atoms with Crippen LogP contribution in [0.2, 0.25) is 0 Å². The molecule has 2 rings (SSSR count). The summed E-state index contributed by atoms with van der Waals surface area (Å²) in [5.74, 6) is 0.196. The fourth-order valence-electron chi connectivity index (χ4n) is 2.85. The average Bonchev–Trinajstić information content (AvgIpc) is 2.48. The molecule has 21 heavy (non-hydrogen) atoms. The lowest BCUT2D eigenvalue weighted by atomic mass is 10.0. The highest BCUT2D eigenvalue weighted by atomic mass is 35.5.